The van der Waals surface area contributed by atoms with Crippen molar-refractivity contribution in [1.29, 1.82) is 0 Å². The van der Waals surface area contributed by atoms with Gasteiger partial charge >= 0.3 is 49.7 Å². The van der Waals surface area contributed by atoms with Crippen molar-refractivity contribution in [3.63, 3.8) is 0 Å². The molecule has 1 saturated heterocycles. The largest absolute Gasteiger partial charge is 0.472 e. The summed E-state index contributed by atoms with van der Waals surface area (Å²) in [6, 6.07) is 14.7. The molecule has 1 aliphatic heterocycles. The van der Waals surface area contributed by atoms with Crippen molar-refractivity contribution >= 4 is 61.3 Å². The number of carbonyl (C=O) groups excluding carboxylic acids is 9. The van der Waals surface area contributed by atoms with Gasteiger partial charge in [-0.25, -0.2) is 18.9 Å². The average Bonchev–Trinajstić information content (AvgIpc) is 0.669. The summed E-state index contributed by atoms with van der Waals surface area (Å²) < 4.78 is 73.2. The Hall–Kier alpha value is -6.40. The summed E-state index contributed by atoms with van der Waals surface area (Å²) >= 11 is 0. The van der Waals surface area contributed by atoms with E-state index in [0.29, 0.717) is 43.5 Å². The van der Waals surface area contributed by atoms with Crippen LogP contribution in [0.5, 0.6) is 0 Å². The summed E-state index contributed by atoms with van der Waals surface area (Å²) in [6.07, 6.45) is 28.7. The highest BCUT2D eigenvalue weighted by Crippen LogP contribution is 2.66. The lowest BCUT2D eigenvalue weighted by molar-refractivity contribution is -0.909. The Labute approximate surface area is 717 Å². The number of rotatable bonds is 59. The van der Waals surface area contributed by atoms with Gasteiger partial charge in [-0.15, -0.1) is 0 Å². The number of amides is 1. The predicted molar refractivity (Wildman–Crippen MR) is 461 cm³/mol. The number of hydrogen-bond donors (Lipinski definition) is 3. The molecule has 2 bridgehead atoms. The van der Waals surface area contributed by atoms with E-state index in [0.717, 1.165) is 51.4 Å². The molecule has 6 rings (SSSR count). The maximum atomic E-state index is 15.9. The van der Waals surface area contributed by atoms with E-state index in [1.807, 2.05) is 14.0 Å². The second-order valence-electron chi connectivity index (χ2n) is 36.7. The second-order valence-corrected chi connectivity index (χ2v) is 38.1. The van der Waals surface area contributed by atoms with Crippen molar-refractivity contribution in [2.75, 3.05) is 59.7 Å². The zero-order chi connectivity index (χ0) is 88.0. The number of nitrogens with one attached hydrogen (secondary N) is 1. The van der Waals surface area contributed by atoms with E-state index in [9.17, 15) is 48.1 Å². The zero-order valence-corrected chi connectivity index (χ0v) is 76.3. The van der Waals surface area contributed by atoms with Crippen LogP contribution in [0.2, 0.25) is 0 Å². The van der Waals surface area contributed by atoms with Crippen LogP contribution in [0.15, 0.2) is 71.8 Å². The van der Waals surface area contributed by atoms with Gasteiger partial charge in [-0.1, -0.05) is 277 Å². The highest BCUT2D eigenvalue weighted by molar-refractivity contribution is 7.47. The Kier molecular flexibility index (Phi) is 43.6. The maximum Gasteiger partial charge on any atom is 0.472 e. The van der Waals surface area contributed by atoms with Gasteiger partial charge in [0.25, 0.3) is 0 Å². The van der Waals surface area contributed by atoms with Gasteiger partial charge in [-0.05, 0) is 88.1 Å². The molecule has 0 radical (unpaired) electrons. The molecule has 2 aromatic carbocycles. The Morgan fingerprint density at radius 3 is 1.54 bits per heavy atom. The Morgan fingerprint density at radius 2 is 1.07 bits per heavy atom. The first-order valence-electron chi connectivity index (χ1n) is 45.9. The third kappa shape index (κ3) is 32.0. The topological polar surface area (TPSA) is 315 Å². The lowest BCUT2D eigenvalue weighted by Gasteiger charge is -2.68. The number of alkyl carbamates (subject to hydrolysis) is 1. The molecule has 3 N–H and O–H groups in total. The molecule has 1 unspecified atom stereocenters. The summed E-state index contributed by atoms with van der Waals surface area (Å²) in [5, 5.41) is 16.9. The smallest absolute Gasteiger partial charge is 0.460 e. The molecular formula is C95H152N2O22P+. The van der Waals surface area contributed by atoms with Crippen molar-refractivity contribution in [2.24, 2.45) is 28.6 Å². The van der Waals surface area contributed by atoms with Gasteiger partial charge in [0.2, 0.25) is 6.10 Å². The normalized spacial score (nSPS) is 22.9. The summed E-state index contributed by atoms with van der Waals surface area (Å²) in [5.74, 6) is -7.92. The molecule has 25 heteroatoms. The predicted octanol–water partition coefficient (Wildman–Crippen LogP) is 19.7. The summed E-state index contributed by atoms with van der Waals surface area (Å²) in [7, 11) is -2.85. The third-order valence-corrected chi connectivity index (χ3v) is 26.7. The molecule has 0 aromatic heterocycles. The molecule has 12 atom stereocenters. The molecule has 120 heavy (non-hydrogen) atoms. The molecule has 1 heterocycles. The van der Waals surface area contributed by atoms with Crippen molar-refractivity contribution in [3.8, 4) is 0 Å². The standard InChI is InChI=1S/C95H151N2O22P/c1-14-16-18-20-22-24-26-28-30-32-34-36-38-40-48-56-79(100)110-64-60-97(13,61-65-111-80(101)57-49-41-39-37-35-33-31-29-27-25-23-21-19-17-15-2)62-66-114-120(108,109)113-63-50-55-76(99)58-59-81(102)116-84(83(74-51-44-42-45-52-74)96-90(106)119-91(7,8)9)89(105)115-77-68-95(107)87(117-88(104)75-53-46-43-47-54-75)85-93(12,86(103)72(5)82(71(77)4)92(95,10)11)70(3)67-78-94(85,69-112-78)118-73(6)98/h42-47,51-54,70,72,77-78,83-85,87,107H,14-41,48-50,55-69H2,1-13H3,(H-,96,106,108,109)/p+1/t70-,72+,77-,78+,83-,84+,85-,87-,93+,94-,95+/m0/s1. The minimum absolute atomic E-state index is 0.0655. The van der Waals surface area contributed by atoms with Crippen LogP contribution in [0.3, 0.4) is 0 Å². The Morgan fingerprint density at radius 1 is 0.608 bits per heavy atom. The fourth-order valence-electron chi connectivity index (χ4n) is 18.4. The summed E-state index contributed by atoms with van der Waals surface area (Å²) in [6.45, 7) is 21.2. The van der Waals surface area contributed by atoms with Gasteiger partial charge in [0, 0.05) is 55.8 Å². The van der Waals surface area contributed by atoms with Crippen LogP contribution in [-0.4, -0.2) is 169 Å². The zero-order valence-electron chi connectivity index (χ0n) is 75.4. The number of Topliss-reactive ketones (excluding diaryl/α,β-unsaturated/α-hetero) is 2. The molecule has 0 spiro atoms. The van der Waals surface area contributed by atoms with Crippen LogP contribution in [-0.2, 0) is 85.1 Å². The number of ether oxygens (including phenoxy) is 8. The fraction of sp³-hybridized carbons (Fsp3) is 0.758. The third-order valence-electron chi connectivity index (χ3n) is 25.7. The number of likely N-dealkylation sites (N-methyl/N-ethyl adjacent to an activating group) is 1. The highest BCUT2D eigenvalue weighted by Gasteiger charge is 2.77. The summed E-state index contributed by atoms with van der Waals surface area (Å²) in [5.41, 5.74) is -6.65. The van der Waals surface area contributed by atoms with Crippen LogP contribution in [0.4, 0.5) is 4.79 Å². The SMILES string of the molecule is CCCCCCCCCCCCCCCCCC(=O)OCC[N+](C)(CCOC(=O)CCCCCCCCCCCCCCCCC)CCOP(=O)(O)OCCCC(=O)CCC(=O)O[C@@H](C(=O)O[C@H]1C[C@@]2(O)[C@@H](OC(=O)c3ccccc3)[C@@H]3[C@]4(OC(C)=O)CO[C@@H]4C[C@H](C)[C@@]3(C)C(=O)[C@H](C)C(=C1C)C2(C)C)[C@@H](NC(=O)OC(C)(C)C)c1ccccc1. The molecule has 4 aliphatic rings. The van der Waals surface area contributed by atoms with Crippen LogP contribution in [0.1, 0.15) is 349 Å². The first kappa shape index (κ1) is 102. The van der Waals surface area contributed by atoms with Crippen LogP contribution < -0.4 is 5.32 Å². The number of nitrogens with zero attached hydrogens (tertiary/aromatic N) is 1. The minimum atomic E-state index is -4.71. The number of ketones is 2. The Bertz CT molecular complexity index is 3530. The van der Waals surface area contributed by atoms with E-state index in [-0.39, 0.29) is 79.1 Å². The van der Waals surface area contributed by atoms with Gasteiger partial charge in [-0.2, -0.15) is 0 Å². The highest BCUT2D eigenvalue weighted by atomic mass is 31.2. The number of aliphatic hydroxyl groups is 1. The molecule has 2 saturated carbocycles. The lowest BCUT2D eigenvalue weighted by atomic mass is 9.42. The molecule has 1 amide bonds. The van der Waals surface area contributed by atoms with E-state index in [4.69, 9.17) is 46.9 Å². The number of carbonyl (C=O) groups is 9. The molecule has 24 nitrogen and oxygen atoms in total. The van der Waals surface area contributed by atoms with Crippen LogP contribution >= 0.6 is 7.82 Å². The van der Waals surface area contributed by atoms with Gasteiger partial charge in [0.15, 0.2) is 5.60 Å². The van der Waals surface area contributed by atoms with E-state index >= 15 is 9.59 Å². The summed E-state index contributed by atoms with van der Waals surface area (Å²) in [4.78, 5) is 138. The van der Waals surface area contributed by atoms with E-state index in [2.05, 4.69) is 19.2 Å². The quantitative estimate of drug-likeness (QED) is 0.0138. The Balaban J connectivity index is 1.08. The van der Waals surface area contributed by atoms with Gasteiger partial charge < -0.3 is 57.7 Å². The van der Waals surface area contributed by atoms with Gasteiger partial charge in [0.05, 0.1) is 38.2 Å². The van der Waals surface area contributed by atoms with Crippen LogP contribution in [0, 0.1) is 28.6 Å². The fourth-order valence-corrected chi connectivity index (χ4v) is 19.2. The van der Waals surface area contributed by atoms with E-state index in [1.54, 1.807) is 116 Å². The molecule has 3 aliphatic carbocycles. The molecule has 2 aromatic rings. The number of hydrogen-bond acceptors (Lipinski definition) is 21. The lowest BCUT2D eigenvalue weighted by Crippen LogP contribution is -2.80. The maximum absolute atomic E-state index is 15.9. The number of benzene rings is 2. The molecular weight excluding hydrogens is 1550 g/mol. The van der Waals surface area contributed by atoms with Gasteiger partial charge in [-0.3, -0.25) is 37.8 Å². The van der Waals surface area contributed by atoms with E-state index < -0.39 is 145 Å². The van der Waals surface area contributed by atoms with Crippen LogP contribution in [0.25, 0.3) is 0 Å². The number of quaternary nitrogens is 1. The molecule has 678 valence electrons. The van der Waals surface area contributed by atoms with Crippen molar-refractivity contribution < 1.29 is 109 Å². The minimum Gasteiger partial charge on any atom is -0.460 e. The average molecular weight is 1710 g/mol. The number of esters is 6. The van der Waals surface area contributed by atoms with E-state index in [1.165, 1.54) is 148 Å². The first-order chi connectivity index (χ1) is 57.1. The second kappa shape index (κ2) is 51.1. The number of unbranched alkanes of at least 4 members (excludes halogenated alkanes) is 28. The number of phosphoric acid groups is 1. The molecule has 3 fully saturated rings. The van der Waals surface area contributed by atoms with Crippen molar-refractivity contribution in [3.05, 3.63) is 82.9 Å². The number of phosphoric ester groups is 1. The van der Waals surface area contributed by atoms with Crippen molar-refractivity contribution in [2.45, 2.75) is 374 Å². The monoisotopic (exact) mass is 1700 g/mol. The van der Waals surface area contributed by atoms with Crippen molar-refractivity contribution in [1.82, 2.24) is 5.32 Å². The first-order valence-corrected chi connectivity index (χ1v) is 47.4. The van der Waals surface area contributed by atoms with Gasteiger partial charge in [0.1, 0.15) is 86.6 Å². The number of fused-ring (bicyclic) bond motifs is 5.